The van der Waals surface area contributed by atoms with Gasteiger partial charge in [0.05, 0.1) is 10.9 Å². The highest BCUT2D eigenvalue weighted by Gasteiger charge is 2.21. The maximum atomic E-state index is 13.4. The van der Waals surface area contributed by atoms with E-state index in [9.17, 15) is 14.4 Å². The molecule has 214 valence electrons. The van der Waals surface area contributed by atoms with E-state index in [0.29, 0.717) is 48.2 Å². The highest BCUT2D eigenvalue weighted by atomic mass is 16.2. The lowest BCUT2D eigenvalue weighted by Gasteiger charge is -2.14. The van der Waals surface area contributed by atoms with Crippen LogP contribution in [0.3, 0.4) is 0 Å². The Hall–Kier alpha value is -3.82. The summed E-state index contributed by atoms with van der Waals surface area (Å²) in [6.07, 6.45) is 8.58. The Morgan fingerprint density at radius 3 is 2.00 bits per heavy atom. The van der Waals surface area contributed by atoms with Gasteiger partial charge in [0.15, 0.2) is 0 Å². The minimum atomic E-state index is -0.0893. The average Bonchev–Trinajstić information content (AvgIpc) is 3.76. The summed E-state index contributed by atoms with van der Waals surface area (Å²) in [4.78, 5) is 47.7. The summed E-state index contributed by atoms with van der Waals surface area (Å²) in [7, 11) is 0. The molecule has 0 radical (unpaired) electrons. The lowest BCUT2D eigenvalue weighted by atomic mass is 10.1. The van der Waals surface area contributed by atoms with Crippen molar-refractivity contribution in [1.29, 1.82) is 0 Å². The molecule has 0 aliphatic carbocycles. The maximum absolute atomic E-state index is 13.4. The zero-order valence-electron chi connectivity index (χ0n) is 23.5. The number of nitrogens with zero attached hydrogens (tertiary/aromatic N) is 4. The van der Waals surface area contributed by atoms with Crippen molar-refractivity contribution in [2.75, 3.05) is 49.9 Å². The first-order chi connectivity index (χ1) is 20.0. The molecule has 4 heterocycles. The molecule has 0 atom stereocenters. The molecule has 6 rings (SSSR count). The number of allylic oxidation sites excluding steroid dienone is 1. The van der Waals surface area contributed by atoms with Crippen LogP contribution in [-0.2, 0) is 16.1 Å². The fraction of sp³-hybridized carbons (Fsp3) is 0.438. The Morgan fingerprint density at radius 1 is 0.780 bits per heavy atom. The summed E-state index contributed by atoms with van der Waals surface area (Å²) < 4.78 is 1.72. The van der Waals surface area contributed by atoms with Crippen LogP contribution < -0.4 is 16.2 Å². The summed E-state index contributed by atoms with van der Waals surface area (Å²) in [5.74, 6) is 0.681. The maximum Gasteiger partial charge on any atom is 0.261 e. The molecule has 0 saturated carbocycles. The van der Waals surface area contributed by atoms with Crippen molar-refractivity contribution in [1.82, 2.24) is 19.4 Å². The summed E-state index contributed by atoms with van der Waals surface area (Å²) in [5, 5.41) is 6.45. The molecule has 0 spiro atoms. The topological polar surface area (TPSA) is 99.6 Å². The first kappa shape index (κ1) is 27.4. The lowest BCUT2D eigenvalue weighted by molar-refractivity contribution is -0.117. The summed E-state index contributed by atoms with van der Waals surface area (Å²) in [5.41, 5.74) is 3.94. The summed E-state index contributed by atoms with van der Waals surface area (Å²) >= 11 is 0. The molecule has 3 aliphatic heterocycles. The number of carbonyl (C=O) groups excluding carboxylic acids is 2. The first-order valence-electron chi connectivity index (χ1n) is 14.9. The molecule has 0 bridgehead atoms. The van der Waals surface area contributed by atoms with Crippen molar-refractivity contribution in [2.24, 2.45) is 0 Å². The molecule has 9 heteroatoms. The van der Waals surface area contributed by atoms with E-state index in [4.69, 9.17) is 4.98 Å². The molecule has 1 aromatic heterocycles. The number of anilines is 2. The van der Waals surface area contributed by atoms with E-state index >= 15 is 0 Å². The SMILES string of the molecule is O=C(CCN1CCCC1)Nc1ccc(/C=C2\CCn3c2nc2ccc(NC(=O)CCN4CCCC4)cc2c3=O)cc1. The number of amides is 2. The van der Waals surface area contributed by atoms with Gasteiger partial charge in [-0.1, -0.05) is 12.1 Å². The third-order valence-electron chi connectivity index (χ3n) is 8.37. The number of fused-ring (bicyclic) bond motifs is 2. The van der Waals surface area contributed by atoms with E-state index in [-0.39, 0.29) is 17.4 Å². The van der Waals surface area contributed by atoms with Crippen LogP contribution in [0.1, 0.15) is 56.3 Å². The van der Waals surface area contributed by atoms with Crippen molar-refractivity contribution in [3.8, 4) is 0 Å². The molecule has 9 nitrogen and oxygen atoms in total. The number of carbonyl (C=O) groups is 2. The molecule has 3 aliphatic rings. The van der Waals surface area contributed by atoms with Crippen LogP contribution in [0.25, 0.3) is 22.6 Å². The Bertz CT molecular complexity index is 1510. The van der Waals surface area contributed by atoms with Crippen molar-refractivity contribution < 1.29 is 9.59 Å². The van der Waals surface area contributed by atoms with Crippen LogP contribution in [0.5, 0.6) is 0 Å². The van der Waals surface area contributed by atoms with Crippen LogP contribution in [0.2, 0.25) is 0 Å². The number of hydrogen-bond donors (Lipinski definition) is 2. The van der Waals surface area contributed by atoms with Crippen LogP contribution in [0.15, 0.2) is 47.3 Å². The monoisotopic (exact) mass is 554 g/mol. The normalized spacial score (nSPS) is 18.3. The fourth-order valence-corrected chi connectivity index (χ4v) is 6.07. The molecule has 2 N–H and O–H groups in total. The number of likely N-dealkylation sites (tertiary alicyclic amines) is 2. The standard InChI is InChI=1S/C32H38N6O3/c39-29(12-18-36-14-1-2-15-36)33-25-7-5-23(6-8-25)21-24-11-20-38-31(24)35-28-10-9-26(22-27(28)32(38)41)34-30(40)13-19-37-16-3-4-17-37/h5-10,21-22H,1-4,11-20H2,(H,33,39)(H,34,40)/b24-21+. The van der Waals surface area contributed by atoms with Gasteiger partial charge >= 0.3 is 0 Å². The predicted molar refractivity (Wildman–Crippen MR) is 163 cm³/mol. The molecular weight excluding hydrogens is 516 g/mol. The zero-order valence-corrected chi connectivity index (χ0v) is 23.5. The highest BCUT2D eigenvalue weighted by Crippen LogP contribution is 2.28. The smallest absolute Gasteiger partial charge is 0.261 e. The number of nitrogens with one attached hydrogen (secondary N) is 2. The predicted octanol–water partition coefficient (Wildman–Crippen LogP) is 4.19. The van der Waals surface area contributed by atoms with Gasteiger partial charge in [-0.05, 0) is 106 Å². The molecule has 2 fully saturated rings. The average molecular weight is 555 g/mol. The Morgan fingerprint density at radius 2 is 1.37 bits per heavy atom. The number of benzene rings is 2. The minimum Gasteiger partial charge on any atom is -0.326 e. The molecular formula is C32H38N6O3. The van der Waals surface area contributed by atoms with Crippen LogP contribution in [-0.4, -0.2) is 70.4 Å². The Kier molecular flexibility index (Phi) is 8.25. The number of aromatic nitrogens is 2. The molecule has 2 aromatic carbocycles. The van der Waals surface area contributed by atoms with Gasteiger partial charge in [-0.15, -0.1) is 0 Å². The van der Waals surface area contributed by atoms with Gasteiger partial charge in [-0.25, -0.2) is 4.98 Å². The Balaban J connectivity index is 1.11. The number of rotatable bonds is 9. The largest absolute Gasteiger partial charge is 0.326 e. The van der Waals surface area contributed by atoms with Gasteiger partial charge in [0.2, 0.25) is 11.8 Å². The van der Waals surface area contributed by atoms with Crippen LogP contribution in [0, 0.1) is 0 Å². The summed E-state index contributed by atoms with van der Waals surface area (Å²) in [6.45, 7) is 6.46. The molecule has 2 amide bonds. The van der Waals surface area contributed by atoms with E-state index in [1.807, 2.05) is 36.4 Å². The quantitative estimate of drug-likeness (QED) is 0.412. The van der Waals surface area contributed by atoms with Gasteiger partial charge in [-0.2, -0.15) is 0 Å². The van der Waals surface area contributed by atoms with Gasteiger partial charge < -0.3 is 20.4 Å². The molecule has 2 saturated heterocycles. The second-order valence-electron chi connectivity index (χ2n) is 11.4. The van der Waals surface area contributed by atoms with Gasteiger partial charge in [-0.3, -0.25) is 19.0 Å². The molecule has 0 unspecified atom stereocenters. The van der Waals surface area contributed by atoms with Gasteiger partial charge in [0, 0.05) is 43.9 Å². The zero-order chi connectivity index (χ0) is 28.2. The highest BCUT2D eigenvalue weighted by molar-refractivity contribution is 5.94. The van der Waals surface area contributed by atoms with Gasteiger partial charge in [0.1, 0.15) is 5.82 Å². The van der Waals surface area contributed by atoms with E-state index in [0.717, 1.165) is 56.1 Å². The first-order valence-corrected chi connectivity index (χ1v) is 14.9. The van der Waals surface area contributed by atoms with E-state index in [2.05, 4.69) is 26.5 Å². The Labute approximate surface area is 240 Å². The second kappa shape index (κ2) is 12.4. The van der Waals surface area contributed by atoms with Crippen molar-refractivity contribution in [2.45, 2.75) is 51.5 Å². The second-order valence-corrected chi connectivity index (χ2v) is 11.4. The third kappa shape index (κ3) is 6.57. The van der Waals surface area contributed by atoms with Crippen LogP contribution in [0.4, 0.5) is 11.4 Å². The number of hydrogen-bond acceptors (Lipinski definition) is 6. The minimum absolute atomic E-state index is 0.0352. The van der Waals surface area contributed by atoms with E-state index in [1.165, 1.54) is 25.7 Å². The van der Waals surface area contributed by atoms with Gasteiger partial charge in [0.25, 0.3) is 5.56 Å². The molecule has 3 aromatic rings. The van der Waals surface area contributed by atoms with E-state index in [1.54, 1.807) is 10.6 Å². The molecule has 41 heavy (non-hydrogen) atoms. The van der Waals surface area contributed by atoms with E-state index < -0.39 is 0 Å². The lowest BCUT2D eigenvalue weighted by Crippen LogP contribution is -2.25. The summed E-state index contributed by atoms with van der Waals surface area (Å²) in [6, 6.07) is 13.1. The van der Waals surface area contributed by atoms with Crippen LogP contribution >= 0.6 is 0 Å². The fourth-order valence-electron chi connectivity index (χ4n) is 6.07. The van der Waals surface area contributed by atoms with Crippen molar-refractivity contribution in [3.05, 3.63) is 64.2 Å². The van der Waals surface area contributed by atoms with Crippen molar-refractivity contribution in [3.63, 3.8) is 0 Å². The van der Waals surface area contributed by atoms with Crippen molar-refractivity contribution >= 4 is 45.7 Å². The third-order valence-corrected chi connectivity index (χ3v) is 8.37.